The van der Waals surface area contributed by atoms with Crippen molar-refractivity contribution >= 4 is 29.5 Å². The number of nitrogens with zero attached hydrogens (tertiary/aromatic N) is 5. The lowest BCUT2D eigenvalue weighted by molar-refractivity contribution is -0.389. The lowest BCUT2D eigenvalue weighted by Crippen LogP contribution is -2.56. The molecule has 0 aliphatic carbocycles. The summed E-state index contributed by atoms with van der Waals surface area (Å²) in [4.78, 5) is 21.6. The van der Waals surface area contributed by atoms with Gasteiger partial charge in [0.2, 0.25) is 5.91 Å². The van der Waals surface area contributed by atoms with E-state index >= 15 is 0 Å². The molecule has 126 valence electrons. The summed E-state index contributed by atoms with van der Waals surface area (Å²) in [6, 6.07) is 0. The Kier molecular flexibility index (Phi) is 4.30. The first-order valence-corrected chi connectivity index (χ1v) is 6.46. The number of aryl methyl sites for hydroxylation is 1. The summed E-state index contributed by atoms with van der Waals surface area (Å²) in [5.74, 6) is -1.75. The largest absolute Gasteiger partial charge is 0.438 e. The van der Waals surface area contributed by atoms with Crippen LogP contribution in [0, 0.1) is 10.1 Å². The highest BCUT2D eigenvalue weighted by atomic mass is 35.5. The predicted octanol–water partition coefficient (Wildman–Crippen LogP) is 1.30. The summed E-state index contributed by atoms with van der Waals surface area (Å²) in [6.07, 6.45) is -4.63. The van der Waals surface area contributed by atoms with Crippen LogP contribution in [-0.2, 0) is 11.3 Å². The van der Waals surface area contributed by atoms with Gasteiger partial charge in [0.15, 0.2) is 5.02 Å². The molecule has 13 heteroatoms. The van der Waals surface area contributed by atoms with Crippen molar-refractivity contribution in [2.75, 3.05) is 0 Å². The van der Waals surface area contributed by atoms with E-state index in [1.54, 1.807) is 0 Å². The van der Waals surface area contributed by atoms with E-state index < -0.39 is 41.4 Å². The quantitative estimate of drug-likeness (QED) is 0.646. The van der Waals surface area contributed by atoms with Crippen molar-refractivity contribution in [1.82, 2.24) is 14.8 Å². The Morgan fingerprint density at radius 3 is 2.74 bits per heavy atom. The highest BCUT2D eigenvalue weighted by molar-refractivity contribution is 6.32. The second-order valence-corrected chi connectivity index (χ2v) is 5.00. The smallest absolute Gasteiger partial charge is 0.362 e. The van der Waals surface area contributed by atoms with E-state index in [1.807, 2.05) is 0 Å². The lowest BCUT2D eigenvalue weighted by Gasteiger charge is -2.32. The van der Waals surface area contributed by atoms with Crippen LogP contribution in [0.5, 0.6) is 0 Å². The number of carbonyl (C=O) groups is 1. The number of hydrogen-bond donors (Lipinski definition) is 1. The summed E-state index contributed by atoms with van der Waals surface area (Å²) in [6.45, 7) is -0.271. The summed E-state index contributed by atoms with van der Waals surface area (Å²) in [5.41, 5.74) is -3.39. The maximum Gasteiger partial charge on any atom is 0.438 e. The van der Waals surface area contributed by atoms with Gasteiger partial charge in [0.05, 0.1) is 24.3 Å². The molecule has 2 heterocycles. The first kappa shape index (κ1) is 17.1. The lowest BCUT2D eigenvalue weighted by atomic mass is 10.1. The zero-order valence-electron chi connectivity index (χ0n) is 11.2. The zero-order valence-corrected chi connectivity index (χ0v) is 12.0. The fourth-order valence-corrected chi connectivity index (χ4v) is 2.10. The zero-order chi connectivity index (χ0) is 17.4. The number of hydrogen-bond acceptors (Lipinski definition) is 6. The molecule has 0 radical (unpaired) electrons. The summed E-state index contributed by atoms with van der Waals surface area (Å²) < 4.78 is 39.4. The molecule has 1 aliphatic heterocycles. The molecule has 0 saturated carbocycles. The fraction of sp³-hybridized carbons (Fsp3) is 0.500. The molecular formula is C10H9ClF3N5O4. The molecule has 0 saturated heterocycles. The Morgan fingerprint density at radius 1 is 1.57 bits per heavy atom. The Labute approximate surface area is 131 Å². The van der Waals surface area contributed by atoms with E-state index in [9.17, 15) is 33.2 Å². The van der Waals surface area contributed by atoms with Gasteiger partial charge < -0.3 is 15.2 Å². The van der Waals surface area contributed by atoms with Gasteiger partial charge in [-0.05, 0) is 4.92 Å². The highest BCUT2D eigenvalue weighted by Gasteiger charge is 2.61. The summed E-state index contributed by atoms with van der Waals surface area (Å²) in [5, 5.41) is 26.6. The molecule has 0 fully saturated rings. The number of halogens is 4. The van der Waals surface area contributed by atoms with Crippen molar-refractivity contribution in [2.24, 2.45) is 5.10 Å². The van der Waals surface area contributed by atoms with Crippen LogP contribution in [0.2, 0.25) is 5.02 Å². The van der Waals surface area contributed by atoms with Crippen LogP contribution in [0.3, 0.4) is 0 Å². The molecule has 0 bridgehead atoms. The number of aliphatic hydroxyl groups is 1. The van der Waals surface area contributed by atoms with Crippen molar-refractivity contribution in [2.45, 2.75) is 31.3 Å². The SMILES string of the molecule is O=C(CCn1cc(Cl)c([N+](=O)[O-])n1)N1N=CC[C@@]1(O)C(F)(F)F. The minimum Gasteiger partial charge on any atom is -0.362 e. The number of carbonyl (C=O) groups excluding carboxylic acids is 1. The van der Waals surface area contributed by atoms with Crippen LogP contribution < -0.4 is 0 Å². The van der Waals surface area contributed by atoms with Gasteiger partial charge >= 0.3 is 12.0 Å². The van der Waals surface area contributed by atoms with E-state index in [4.69, 9.17) is 11.6 Å². The third-order valence-electron chi connectivity index (χ3n) is 3.04. The molecule has 1 N–H and O–H groups in total. The number of rotatable bonds is 4. The maximum absolute atomic E-state index is 12.8. The maximum atomic E-state index is 12.8. The van der Waals surface area contributed by atoms with Gasteiger partial charge in [0.1, 0.15) is 0 Å². The molecule has 1 aromatic rings. The van der Waals surface area contributed by atoms with E-state index in [0.29, 0.717) is 0 Å². The average molecular weight is 356 g/mol. The average Bonchev–Trinajstić information content (AvgIpc) is 2.99. The van der Waals surface area contributed by atoms with E-state index in [2.05, 4.69) is 10.2 Å². The van der Waals surface area contributed by atoms with Crippen molar-refractivity contribution in [3.05, 3.63) is 21.3 Å². The van der Waals surface area contributed by atoms with Crippen LogP contribution in [0.25, 0.3) is 0 Å². The molecule has 1 aromatic heterocycles. The second kappa shape index (κ2) is 5.77. The number of aromatic nitrogens is 2. The van der Waals surface area contributed by atoms with Crippen LogP contribution in [0.4, 0.5) is 19.0 Å². The molecule has 9 nitrogen and oxygen atoms in total. The Hall–Kier alpha value is -2.21. The topological polar surface area (TPSA) is 114 Å². The van der Waals surface area contributed by atoms with Crippen molar-refractivity contribution in [1.29, 1.82) is 0 Å². The van der Waals surface area contributed by atoms with Gasteiger partial charge in [-0.1, -0.05) is 11.6 Å². The van der Waals surface area contributed by atoms with E-state index in [1.165, 1.54) is 0 Å². The first-order chi connectivity index (χ1) is 10.6. The summed E-state index contributed by atoms with van der Waals surface area (Å²) >= 11 is 5.55. The Bertz CT molecular complexity index is 676. The fourth-order valence-electron chi connectivity index (χ4n) is 1.88. The highest BCUT2D eigenvalue weighted by Crippen LogP contribution is 2.38. The molecule has 1 atom stereocenters. The van der Waals surface area contributed by atoms with Crippen LogP contribution in [0.15, 0.2) is 11.3 Å². The van der Waals surface area contributed by atoms with E-state index in [0.717, 1.165) is 17.1 Å². The van der Waals surface area contributed by atoms with Crippen molar-refractivity contribution in [3.8, 4) is 0 Å². The molecule has 23 heavy (non-hydrogen) atoms. The van der Waals surface area contributed by atoms with Gasteiger partial charge in [-0.3, -0.25) is 4.79 Å². The van der Waals surface area contributed by atoms with Crippen LogP contribution >= 0.6 is 11.6 Å². The van der Waals surface area contributed by atoms with E-state index in [-0.39, 0.29) is 16.6 Å². The standard InChI is InChI=1S/C10H9ClF3N5O4/c11-6-5-17(16-8(6)19(22)23)4-1-7(20)18-9(21,2-3-15-18)10(12,13)14/h3,5,21H,1-2,4H2/t9-/m1/s1. The minimum absolute atomic E-state index is 0.0491. The predicted molar refractivity (Wildman–Crippen MR) is 69.5 cm³/mol. The van der Waals surface area contributed by atoms with Crippen LogP contribution in [0.1, 0.15) is 12.8 Å². The number of nitro groups is 1. The Morgan fingerprint density at radius 2 is 2.22 bits per heavy atom. The molecule has 0 unspecified atom stereocenters. The normalized spacial score (nSPS) is 21.0. The van der Waals surface area contributed by atoms with Gasteiger partial charge in [0.25, 0.3) is 5.72 Å². The number of amides is 1. The molecular weight excluding hydrogens is 347 g/mol. The van der Waals surface area contributed by atoms with Crippen molar-refractivity contribution < 1.29 is 28.0 Å². The number of alkyl halides is 3. The van der Waals surface area contributed by atoms with Gasteiger partial charge in [-0.15, -0.1) is 0 Å². The minimum atomic E-state index is -5.08. The van der Waals surface area contributed by atoms with Crippen LogP contribution in [-0.4, -0.2) is 48.8 Å². The molecule has 0 spiro atoms. The summed E-state index contributed by atoms with van der Waals surface area (Å²) in [7, 11) is 0. The third kappa shape index (κ3) is 3.12. The molecule has 0 aromatic carbocycles. The molecule has 1 aliphatic rings. The van der Waals surface area contributed by atoms with Gasteiger partial charge in [0, 0.05) is 12.6 Å². The second-order valence-electron chi connectivity index (χ2n) is 4.59. The first-order valence-electron chi connectivity index (χ1n) is 6.08. The molecule has 2 rings (SSSR count). The van der Waals surface area contributed by atoms with Crippen molar-refractivity contribution in [3.63, 3.8) is 0 Å². The monoisotopic (exact) mass is 355 g/mol. The van der Waals surface area contributed by atoms with Gasteiger partial charge in [-0.25, -0.2) is 0 Å². The number of hydrazone groups is 1. The molecule has 1 amide bonds. The third-order valence-corrected chi connectivity index (χ3v) is 3.31. The van der Waals surface area contributed by atoms with Gasteiger partial charge in [-0.2, -0.15) is 28.0 Å². The Balaban J connectivity index is 2.06.